The van der Waals surface area contributed by atoms with E-state index in [2.05, 4.69) is 5.32 Å². The fraction of sp³-hybridized carbons (Fsp3) is 0.400. The van der Waals surface area contributed by atoms with Gasteiger partial charge in [-0.25, -0.2) is 0 Å². The van der Waals surface area contributed by atoms with Gasteiger partial charge in [-0.3, -0.25) is 14.2 Å². The third-order valence-corrected chi connectivity index (χ3v) is 2.09. The second-order valence-electron chi connectivity index (χ2n) is 3.29. The molecule has 0 spiro atoms. The first-order valence-electron chi connectivity index (χ1n) is 4.68. The minimum Gasteiger partial charge on any atom is -0.494 e. The van der Waals surface area contributed by atoms with Gasteiger partial charge in [0.05, 0.1) is 0 Å². The summed E-state index contributed by atoms with van der Waals surface area (Å²) in [5.74, 6) is -0.391. The molecule has 1 amide bonds. The Morgan fingerprint density at radius 1 is 1.60 bits per heavy atom. The van der Waals surface area contributed by atoms with E-state index < -0.39 is 0 Å². The maximum absolute atomic E-state index is 11.8. The average molecular weight is 210 g/mol. The predicted molar refractivity (Wildman–Crippen MR) is 57.1 cm³/mol. The van der Waals surface area contributed by atoms with Gasteiger partial charge in [0.15, 0.2) is 5.88 Å². The molecule has 15 heavy (non-hydrogen) atoms. The predicted octanol–water partition coefficient (Wildman–Crippen LogP) is 0.841. The molecule has 0 aliphatic carbocycles. The average Bonchev–Trinajstić information content (AvgIpc) is 2.12. The van der Waals surface area contributed by atoms with Crippen LogP contribution in [0.4, 0.5) is 5.69 Å². The van der Waals surface area contributed by atoms with Crippen molar-refractivity contribution in [2.75, 3.05) is 5.32 Å². The second-order valence-corrected chi connectivity index (χ2v) is 3.29. The van der Waals surface area contributed by atoms with Gasteiger partial charge in [-0.1, -0.05) is 0 Å². The van der Waals surface area contributed by atoms with Crippen LogP contribution < -0.4 is 10.9 Å². The zero-order valence-corrected chi connectivity index (χ0v) is 9.00. The molecule has 1 rings (SSSR count). The molecule has 5 heteroatoms. The third-order valence-electron chi connectivity index (χ3n) is 2.09. The first-order chi connectivity index (χ1) is 6.97. The maximum Gasteiger partial charge on any atom is 0.277 e. The van der Waals surface area contributed by atoms with Gasteiger partial charge >= 0.3 is 0 Å². The Morgan fingerprint density at radius 3 is 2.67 bits per heavy atom. The highest BCUT2D eigenvalue weighted by Gasteiger charge is 2.11. The lowest BCUT2D eigenvalue weighted by Crippen LogP contribution is -2.25. The molecule has 5 nitrogen and oxygen atoms in total. The van der Waals surface area contributed by atoms with Gasteiger partial charge in [0, 0.05) is 19.5 Å². The summed E-state index contributed by atoms with van der Waals surface area (Å²) < 4.78 is 1.19. The highest BCUT2D eigenvalue weighted by Crippen LogP contribution is 2.15. The van der Waals surface area contributed by atoms with Crippen molar-refractivity contribution in [2.24, 2.45) is 0 Å². The zero-order chi connectivity index (χ0) is 11.6. The van der Waals surface area contributed by atoms with Crippen LogP contribution in [0.3, 0.4) is 0 Å². The van der Waals surface area contributed by atoms with Crippen LogP contribution in [0, 0.1) is 6.92 Å². The molecule has 0 fully saturated rings. The molecular weight excluding hydrogens is 196 g/mol. The zero-order valence-electron chi connectivity index (χ0n) is 9.00. The normalized spacial score (nSPS) is 10.1. The largest absolute Gasteiger partial charge is 0.494 e. The number of amides is 1. The number of aryl methyl sites for hydroxylation is 1. The number of rotatable bonds is 2. The number of pyridine rings is 1. The summed E-state index contributed by atoms with van der Waals surface area (Å²) in [7, 11) is 0. The van der Waals surface area contributed by atoms with Gasteiger partial charge in [0.1, 0.15) is 5.69 Å². The molecule has 1 aromatic rings. The van der Waals surface area contributed by atoms with Gasteiger partial charge in [-0.05, 0) is 19.4 Å². The van der Waals surface area contributed by atoms with E-state index in [0.717, 1.165) is 0 Å². The summed E-state index contributed by atoms with van der Waals surface area (Å²) in [6, 6.07) is 1.45. The van der Waals surface area contributed by atoms with Crippen LogP contribution in [0.25, 0.3) is 0 Å². The molecule has 0 aliphatic heterocycles. The molecular formula is C10H14N2O3. The number of aromatic hydroxyl groups is 1. The molecule has 0 atom stereocenters. The fourth-order valence-electron chi connectivity index (χ4n) is 1.39. The molecule has 82 valence electrons. The standard InChI is InChI=1S/C10H14N2O3/c1-4-12-8(14)5-6(2)9(10(12)15)11-7(3)13/h5,14H,4H2,1-3H3,(H,11,13). The van der Waals surface area contributed by atoms with Crippen LogP contribution in [-0.4, -0.2) is 15.6 Å². The van der Waals surface area contributed by atoms with Crippen molar-refractivity contribution in [1.82, 2.24) is 4.57 Å². The number of nitrogens with zero attached hydrogens (tertiary/aromatic N) is 1. The van der Waals surface area contributed by atoms with E-state index in [4.69, 9.17) is 0 Å². The van der Waals surface area contributed by atoms with Gasteiger partial charge in [0.2, 0.25) is 5.91 Å². The van der Waals surface area contributed by atoms with Crippen molar-refractivity contribution >= 4 is 11.6 Å². The van der Waals surface area contributed by atoms with Crippen LogP contribution in [-0.2, 0) is 11.3 Å². The Kier molecular flexibility index (Phi) is 3.14. The number of hydrogen-bond acceptors (Lipinski definition) is 3. The van der Waals surface area contributed by atoms with E-state index in [1.807, 2.05) is 0 Å². The molecule has 0 saturated heterocycles. The molecule has 2 N–H and O–H groups in total. The highest BCUT2D eigenvalue weighted by molar-refractivity contribution is 5.89. The molecule has 0 saturated carbocycles. The number of nitrogens with one attached hydrogen (secondary N) is 1. The van der Waals surface area contributed by atoms with E-state index in [1.165, 1.54) is 17.6 Å². The van der Waals surface area contributed by atoms with Crippen LogP contribution in [0.5, 0.6) is 5.88 Å². The van der Waals surface area contributed by atoms with E-state index in [1.54, 1.807) is 13.8 Å². The van der Waals surface area contributed by atoms with E-state index in [-0.39, 0.29) is 23.0 Å². The number of carbonyl (C=O) groups excluding carboxylic acids is 1. The lowest BCUT2D eigenvalue weighted by atomic mass is 10.2. The third kappa shape index (κ3) is 2.18. The molecule has 0 aliphatic rings. The summed E-state index contributed by atoms with van der Waals surface area (Å²) >= 11 is 0. The number of hydrogen-bond donors (Lipinski definition) is 2. The molecule has 0 unspecified atom stereocenters. The topological polar surface area (TPSA) is 71.3 Å². The Hall–Kier alpha value is -1.78. The maximum atomic E-state index is 11.8. The van der Waals surface area contributed by atoms with Crippen LogP contribution in [0.2, 0.25) is 0 Å². The molecule has 1 heterocycles. The van der Waals surface area contributed by atoms with Crippen molar-refractivity contribution in [1.29, 1.82) is 0 Å². The van der Waals surface area contributed by atoms with Crippen molar-refractivity contribution in [3.8, 4) is 5.88 Å². The smallest absolute Gasteiger partial charge is 0.277 e. The summed E-state index contributed by atoms with van der Waals surface area (Å²) in [5, 5.41) is 11.9. The first-order valence-corrected chi connectivity index (χ1v) is 4.68. The lowest BCUT2D eigenvalue weighted by molar-refractivity contribution is -0.114. The van der Waals surface area contributed by atoms with E-state index >= 15 is 0 Å². The minimum absolute atomic E-state index is 0.0888. The molecule has 0 bridgehead atoms. The van der Waals surface area contributed by atoms with E-state index in [9.17, 15) is 14.7 Å². The number of carbonyl (C=O) groups is 1. The molecule has 1 aromatic heterocycles. The first kappa shape index (κ1) is 11.3. The fourth-order valence-corrected chi connectivity index (χ4v) is 1.39. The van der Waals surface area contributed by atoms with Gasteiger partial charge in [0.25, 0.3) is 5.56 Å². The minimum atomic E-state index is -0.384. The second kappa shape index (κ2) is 4.16. The quantitative estimate of drug-likeness (QED) is 0.759. The molecule has 0 radical (unpaired) electrons. The van der Waals surface area contributed by atoms with Crippen LogP contribution in [0.15, 0.2) is 10.9 Å². The summed E-state index contributed by atoms with van der Waals surface area (Å²) in [6.07, 6.45) is 0. The van der Waals surface area contributed by atoms with Crippen LogP contribution >= 0.6 is 0 Å². The Bertz CT molecular complexity index is 449. The van der Waals surface area contributed by atoms with Crippen molar-refractivity contribution < 1.29 is 9.90 Å². The Labute approximate surface area is 87.4 Å². The van der Waals surface area contributed by atoms with Gasteiger partial charge < -0.3 is 10.4 Å². The summed E-state index contributed by atoms with van der Waals surface area (Å²) in [5.41, 5.74) is 0.393. The van der Waals surface area contributed by atoms with Gasteiger partial charge in [-0.15, -0.1) is 0 Å². The lowest BCUT2D eigenvalue weighted by Gasteiger charge is -2.11. The summed E-state index contributed by atoms with van der Waals surface area (Å²) in [4.78, 5) is 22.6. The van der Waals surface area contributed by atoms with Gasteiger partial charge in [-0.2, -0.15) is 0 Å². The van der Waals surface area contributed by atoms with Crippen molar-refractivity contribution in [3.05, 3.63) is 22.0 Å². The van der Waals surface area contributed by atoms with Crippen molar-refractivity contribution in [3.63, 3.8) is 0 Å². The monoisotopic (exact) mass is 210 g/mol. The van der Waals surface area contributed by atoms with E-state index in [0.29, 0.717) is 12.1 Å². The highest BCUT2D eigenvalue weighted by atomic mass is 16.3. The van der Waals surface area contributed by atoms with Crippen molar-refractivity contribution in [2.45, 2.75) is 27.3 Å². The number of anilines is 1. The van der Waals surface area contributed by atoms with Crippen LogP contribution in [0.1, 0.15) is 19.4 Å². The number of aromatic nitrogens is 1. The Morgan fingerprint density at radius 2 is 2.20 bits per heavy atom. The Balaban J connectivity index is 3.39. The summed E-state index contributed by atoms with van der Waals surface area (Å²) in [6.45, 7) is 5.10. The molecule has 0 aromatic carbocycles. The SMILES string of the molecule is CCn1c(O)cc(C)c(NC(C)=O)c1=O.